The number of ether oxygens (including phenoxy) is 1. The van der Waals surface area contributed by atoms with Crippen molar-refractivity contribution < 1.29 is 22.7 Å². The molecule has 0 spiro atoms. The van der Waals surface area contributed by atoms with E-state index in [1.54, 1.807) is 0 Å². The molecule has 0 N–H and O–H groups in total. The van der Waals surface area contributed by atoms with Crippen LogP contribution in [0, 0.1) is 0 Å². The third-order valence-corrected chi connectivity index (χ3v) is 2.26. The van der Waals surface area contributed by atoms with Crippen LogP contribution < -0.4 is 0 Å². The zero-order valence-electron chi connectivity index (χ0n) is 8.47. The number of hydrogen-bond acceptors (Lipinski definition) is 3. The number of nitrogens with zero attached hydrogens (tertiary/aromatic N) is 2. The van der Waals surface area contributed by atoms with E-state index in [1.165, 1.54) is 6.92 Å². The van der Waals surface area contributed by atoms with Crippen LogP contribution in [-0.4, -0.2) is 15.6 Å². The maximum atomic E-state index is 12.8. The molecule has 0 unspecified atom stereocenters. The Balaban J connectivity index is 2.49. The van der Waals surface area contributed by atoms with Crippen molar-refractivity contribution in [2.45, 2.75) is 32.9 Å². The molecule has 7 heteroatoms. The molecule has 88 valence electrons. The van der Waals surface area contributed by atoms with E-state index in [-0.39, 0.29) is 36.8 Å². The van der Waals surface area contributed by atoms with Gasteiger partial charge < -0.3 is 4.74 Å². The highest BCUT2D eigenvalue weighted by Gasteiger charge is 2.41. The first-order valence-electron chi connectivity index (χ1n) is 4.62. The number of carbonyl (C=O) groups is 1. The largest absolute Gasteiger partial charge is 0.433 e. The molecule has 0 bridgehead atoms. The van der Waals surface area contributed by atoms with Crippen molar-refractivity contribution in [3.05, 3.63) is 17.0 Å². The van der Waals surface area contributed by atoms with Crippen LogP contribution in [0.2, 0.25) is 0 Å². The molecule has 4 nitrogen and oxygen atoms in total. The summed E-state index contributed by atoms with van der Waals surface area (Å²) >= 11 is 0. The van der Waals surface area contributed by atoms with Gasteiger partial charge in [-0.3, -0.25) is 9.48 Å². The zero-order valence-corrected chi connectivity index (χ0v) is 8.47. The fraction of sp³-hybridized carbons (Fsp3) is 0.556. The van der Waals surface area contributed by atoms with Gasteiger partial charge in [-0.25, -0.2) is 0 Å². The second-order valence-electron chi connectivity index (χ2n) is 3.62. The molecule has 0 aliphatic carbocycles. The van der Waals surface area contributed by atoms with Gasteiger partial charge in [0.15, 0.2) is 5.78 Å². The Hall–Kier alpha value is -1.37. The lowest BCUT2D eigenvalue weighted by Crippen LogP contribution is -2.19. The van der Waals surface area contributed by atoms with E-state index in [0.717, 1.165) is 4.68 Å². The molecular weight excluding hydrogens is 225 g/mol. The summed E-state index contributed by atoms with van der Waals surface area (Å²) in [6, 6.07) is 0. The molecule has 0 fully saturated rings. The molecule has 0 saturated heterocycles. The summed E-state index contributed by atoms with van der Waals surface area (Å²) in [5.74, 6) is -0.368. The van der Waals surface area contributed by atoms with Gasteiger partial charge in [0, 0.05) is 5.56 Å². The summed E-state index contributed by atoms with van der Waals surface area (Å²) in [6.07, 6.45) is -4.51. The van der Waals surface area contributed by atoms with Crippen LogP contribution in [-0.2, 0) is 35.5 Å². The summed E-state index contributed by atoms with van der Waals surface area (Å²) in [5, 5.41) is 3.75. The van der Waals surface area contributed by atoms with E-state index in [4.69, 9.17) is 4.74 Å². The smallest absolute Gasteiger partial charge is 0.370 e. The number of hydrogen-bond donors (Lipinski definition) is 0. The van der Waals surface area contributed by atoms with Gasteiger partial charge in [-0.1, -0.05) is 0 Å². The van der Waals surface area contributed by atoms with Crippen molar-refractivity contribution in [1.82, 2.24) is 9.78 Å². The second-order valence-corrected chi connectivity index (χ2v) is 3.62. The standard InChI is InChI=1S/C9H9F3N2O2/c1-5(15)2-14-8(9(10,11)12)6-3-16-4-7(6)13-14/h2-4H2,1H3. The Morgan fingerprint density at radius 1 is 1.50 bits per heavy atom. The highest BCUT2D eigenvalue weighted by atomic mass is 19.4. The molecule has 1 aliphatic heterocycles. The first-order chi connectivity index (χ1) is 7.39. The van der Waals surface area contributed by atoms with Gasteiger partial charge in [0.25, 0.3) is 0 Å². The van der Waals surface area contributed by atoms with Crippen molar-refractivity contribution in [3.8, 4) is 0 Å². The topological polar surface area (TPSA) is 44.1 Å². The lowest BCUT2D eigenvalue weighted by atomic mass is 10.2. The summed E-state index contributed by atoms with van der Waals surface area (Å²) in [4.78, 5) is 10.9. The van der Waals surface area contributed by atoms with E-state index in [9.17, 15) is 18.0 Å². The molecule has 0 amide bonds. The van der Waals surface area contributed by atoms with Crippen molar-refractivity contribution in [3.63, 3.8) is 0 Å². The maximum absolute atomic E-state index is 12.8. The summed E-state index contributed by atoms with van der Waals surface area (Å²) in [6.45, 7) is 0.844. The average Bonchev–Trinajstić information content (AvgIpc) is 2.58. The molecule has 0 aromatic carbocycles. The zero-order chi connectivity index (χ0) is 11.9. The van der Waals surface area contributed by atoms with Crippen molar-refractivity contribution >= 4 is 5.78 Å². The van der Waals surface area contributed by atoms with Gasteiger partial charge in [-0.05, 0) is 6.92 Å². The van der Waals surface area contributed by atoms with Crippen molar-refractivity contribution in [1.29, 1.82) is 0 Å². The quantitative estimate of drug-likeness (QED) is 0.779. The Morgan fingerprint density at radius 2 is 2.19 bits per heavy atom. The minimum atomic E-state index is -4.51. The average molecular weight is 234 g/mol. The molecule has 1 aromatic heterocycles. The third kappa shape index (κ3) is 1.82. The highest BCUT2D eigenvalue weighted by molar-refractivity contribution is 5.75. The van der Waals surface area contributed by atoms with Gasteiger partial charge >= 0.3 is 6.18 Å². The number of alkyl halides is 3. The van der Waals surface area contributed by atoms with E-state index < -0.39 is 11.9 Å². The first-order valence-corrected chi connectivity index (χ1v) is 4.62. The SMILES string of the molecule is CC(=O)Cn1nc2c(c1C(F)(F)F)COC2. The predicted molar refractivity (Wildman–Crippen MR) is 46.4 cm³/mol. The van der Waals surface area contributed by atoms with Gasteiger partial charge in [-0.15, -0.1) is 0 Å². The summed E-state index contributed by atoms with van der Waals surface area (Å²) in [5.41, 5.74) is -0.544. The number of fused-ring (bicyclic) bond motifs is 1. The number of halogens is 3. The van der Waals surface area contributed by atoms with Crippen molar-refractivity contribution in [2.24, 2.45) is 0 Å². The van der Waals surface area contributed by atoms with Crippen LogP contribution in [0.5, 0.6) is 0 Å². The lowest BCUT2D eigenvalue weighted by Gasteiger charge is -2.10. The Kier molecular flexibility index (Phi) is 2.49. The lowest BCUT2D eigenvalue weighted by molar-refractivity contribution is -0.145. The van der Waals surface area contributed by atoms with Gasteiger partial charge in [0.2, 0.25) is 0 Å². The van der Waals surface area contributed by atoms with E-state index in [2.05, 4.69) is 5.10 Å². The van der Waals surface area contributed by atoms with E-state index in [1.807, 2.05) is 0 Å². The van der Waals surface area contributed by atoms with Crippen LogP contribution in [0.15, 0.2) is 0 Å². The minimum Gasteiger partial charge on any atom is -0.370 e. The molecule has 1 aliphatic rings. The molecule has 0 radical (unpaired) electrons. The summed E-state index contributed by atoms with van der Waals surface area (Å²) < 4.78 is 43.9. The molecule has 16 heavy (non-hydrogen) atoms. The fourth-order valence-electron chi connectivity index (χ4n) is 1.71. The van der Waals surface area contributed by atoms with Crippen LogP contribution in [0.1, 0.15) is 23.9 Å². The number of rotatable bonds is 2. The monoisotopic (exact) mass is 234 g/mol. The first kappa shape index (κ1) is 11.1. The van der Waals surface area contributed by atoms with E-state index in [0.29, 0.717) is 0 Å². The number of carbonyl (C=O) groups excluding carboxylic acids is 1. The Bertz CT molecular complexity index is 437. The van der Waals surface area contributed by atoms with Crippen LogP contribution in [0.25, 0.3) is 0 Å². The molecule has 2 rings (SSSR count). The van der Waals surface area contributed by atoms with Crippen LogP contribution in [0.4, 0.5) is 13.2 Å². The molecule has 2 heterocycles. The fourth-order valence-corrected chi connectivity index (χ4v) is 1.71. The maximum Gasteiger partial charge on any atom is 0.433 e. The third-order valence-electron chi connectivity index (χ3n) is 2.26. The molecule has 0 saturated carbocycles. The van der Waals surface area contributed by atoms with Crippen LogP contribution in [0.3, 0.4) is 0 Å². The molecule has 1 aromatic rings. The molecule has 0 atom stereocenters. The summed E-state index contributed by atoms with van der Waals surface area (Å²) in [7, 11) is 0. The Labute approximate surface area is 89.0 Å². The number of ketones is 1. The van der Waals surface area contributed by atoms with Crippen LogP contribution >= 0.6 is 0 Å². The molecular formula is C9H9F3N2O2. The second kappa shape index (κ2) is 3.58. The predicted octanol–water partition coefficient (Wildman–Crippen LogP) is 1.52. The number of aromatic nitrogens is 2. The minimum absolute atomic E-state index is 0.0498. The van der Waals surface area contributed by atoms with Gasteiger partial charge in [0.05, 0.1) is 25.5 Å². The van der Waals surface area contributed by atoms with E-state index >= 15 is 0 Å². The van der Waals surface area contributed by atoms with Gasteiger partial charge in [0.1, 0.15) is 5.69 Å². The van der Waals surface area contributed by atoms with Gasteiger partial charge in [-0.2, -0.15) is 18.3 Å². The Morgan fingerprint density at radius 3 is 2.75 bits per heavy atom. The number of Topliss-reactive ketones (excluding diaryl/α,β-unsaturated/α-hetero) is 1. The highest BCUT2D eigenvalue weighted by Crippen LogP contribution is 2.36. The normalized spacial score (nSPS) is 15.2. The van der Waals surface area contributed by atoms with Crippen molar-refractivity contribution in [2.75, 3.05) is 0 Å².